The molecule has 0 aromatic carbocycles. The lowest BCUT2D eigenvalue weighted by Crippen LogP contribution is -2.02. The summed E-state index contributed by atoms with van der Waals surface area (Å²) in [7, 11) is 3.75. The molecule has 0 aliphatic carbocycles. The Morgan fingerprint density at radius 3 is 2.82 bits per heavy atom. The Kier molecular flexibility index (Phi) is 2.60. The summed E-state index contributed by atoms with van der Waals surface area (Å²) in [5, 5.41) is 5.77. The standard InChI is InChI=1S/C8H11N3/c1-11(2)10-7-8-5-3-4-6-9-8/h3-7H,1-2H3. The summed E-state index contributed by atoms with van der Waals surface area (Å²) in [6, 6.07) is 5.73. The maximum atomic E-state index is 4.07. The van der Waals surface area contributed by atoms with Gasteiger partial charge in [0.1, 0.15) is 0 Å². The zero-order chi connectivity index (χ0) is 8.10. The van der Waals surface area contributed by atoms with Crippen LogP contribution in [0.25, 0.3) is 0 Å². The average molecular weight is 149 g/mol. The monoisotopic (exact) mass is 149 g/mol. The molecule has 3 nitrogen and oxygen atoms in total. The van der Waals surface area contributed by atoms with Gasteiger partial charge in [-0.2, -0.15) is 5.10 Å². The van der Waals surface area contributed by atoms with Crippen LogP contribution in [0, 0.1) is 0 Å². The molecule has 0 bridgehead atoms. The van der Waals surface area contributed by atoms with Crippen molar-refractivity contribution in [3.05, 3.63) is 30.1 Å². The summed E-state index contributed by atoms with van der Waals surface area (Å²) in [5.41, 5.74) is 0.876. The molecule has 0 spiro atoms. The van der Waals surface area contributed by atoms with E-state index in [1.165, 1.54) is 0 Å². The third-order valence-corrected chi connectivity index (χ3v) is 1.11. The van der Waals surface area contributed by atoms with Crippen LogP contribution in [0.2, 0.25) is 0 Å². The van der Waals surface area contributed by atoms with Gasteiger partial charge in [0.2, 0.25) is 0 Å². The van der Waals surface area contributed by atoms with E-state index in [0.29, 0.717) is 0 Å². The van der Waals surface area contributed by atoms with E-state index in [1.807, 2.05) is 32.3 Å². The molecule has 0 aliphatic rings. The van der Waals surface area contributed by atoms with Crippen molar-refractivity contribution in [2.24, 2.45) is 5.10 Å². The van der Waals surface area contributed by atoms with Gasteiger partial charge < -0.3 is 5.01 Å². The van der Waals surface area contributed by atoms with Gasteiger partial charge in [-0.1, -0.05) is 6.07 Å². The van der Waals surface area contributed by atoms with E-state index in [0.717, 1.165) is 5.69 Å². The molecule has 0 radical (unpaired) electrons. The summed E-state index contributed by atoms with van der Waals surface area (Å²) in [6.45, 7) is 0. The topological polar surface area (TPSA) is 28.5 Å². The Morgan fingerprint density at radius 2 is 2.27 bits per heavy atom. The van der Waals surface area contributed by atoms with Crippen molar-refractivity contribution in [1.82, 2.24) is 9.99 Å². The zero-order valence-electron chi connectivity index (χ0n) is 6.73. The van der Waals surface area contributed by atoms with Crippen molar-refractivity contribution >= 4 is 6.21 Å². The maximum Gasteiger partial charge on any atom is 0.0830 e. The first-order valence-electron chi connectivity index (χ1n) is 3.41. The zero-order valence-corrected chi connectivity index (χ0v) is 6.73. The third-order valence-electron chi connectivity index (χ3n) is 1.11. The summed E-state index contributed by atoms with van der Waals surface area (Å²) in [5.74, 6) is 0. The van der Waals surface area contributed by atoms with Crippen LogP contribution in [0.4, 0.5) is 0 Å². The van der Waals surface area contributed by atoms with Gasteiger partial charge in [-0.05, 0) is 12.1 Å². The minimum absolute atomic E-state index is 0.876. The van der Waals surface area contributed by atoms with E-state index < -0.39 is 0 Å². The molecule has 0 N–H and O–H groups in total. The molecule has 0 unspecified atom stereocenters. The largest absolute Gasteiger partial charge is 0.303 e. The predicted molar refractivity (Wildman–Crippen MR) is 45.5 cm³/mol. The molecule has 0 atom stereocenters. The highest BCUT2D eigenvalue weighted by Gasteiger charge is 1.84. The van der Waals surface area contributed by atoms with Crippen LogP contribution in [0.5, 0.6) is 0 Å². The minimum atomic E-state index is 0.876. The van der Waals surface area contributed by atoms with Gasteiger partial charge >= 0.3 is 0 Å². The van der Waals surface area contributed by atoms with Gasteiger partial charge in [0.15, 0.2) is 0 Å². The lowest BCUT2D eigenvalue weighted by atomic mass is 10.4. The molecule has 1 aromatic heterocycles. The van der Waals surface area contributed by atoms with E-state index in [-0.39, 0.29) is 0 Å². The first-order valence-corrected chi connectivity index (χ1v) is 3.41. The first-order chi connectivity index (χ1) is 5.29. The van der Waals surface area contributed by atoms with Crippen LogP contribution < -0.4 is 0 Å². The lowest BCUT2D eigenvalue weighted by Gasteiger charge is -2.00. The summed E-state index contributed by atoms with van der Waals surface area (Å²) in [4.78, 5) is 4.07. The van der Waals surface area contributed by atoms with E-state index in [1.54, 1.807) is 17.4 Å². The number of hydrogen-bond acceptors (Lipinski definition) is 3. The van der Waals surface area contributed by atoms with Crippen molar-refractivity contribution in [1.29, 1.82) is 0 Å². The second-order valence-corrected chi connectivity index (χ2v) is 2.35. The number of hydrogen-bond donors (Lipinski definition) is 0. The Labute approximate surface area is 66.4 Å². The van der Waals surface area contributed by atoms with Crippen molar-refractivity contribution in [3.63, 3.8) is 0 Å². The van der Waals surface area contributed by atoms with E-state index >= 15 is 0 Å². The quantitative estimate of drug-likeness (QED) is 0.463. The van der Waals surface area contributed by atoms with Gasteiger partial charge in [-0.3, -0.25) is 4.98 Å². The molecule has 0 fully saturated rings. The van der Waals surface area contributed by atoms with Crippen LogP contribution in [0.3, 0.4) is 0 Å². The lowest BCUT2D eigenvalue weighted by molar-refractivity contribution is 0.440. The van der Waals surface area contributed by atoms with E-state index in [9.17, 15) is 0 Å². The first kappa shape index (κ1) is 7.72. The highest BCUT2D eigenvalue weighted by atomic mass is 15.4. The predicted octanol–water partition coefficient (Wildman–Crippen LogP) is 0.977. The van der Waals surface area contributed by atoms with Gasteiger partial charge in [-0.15, -0.1) is 0 Å². The Hall–Kier alpha value is -1.38. The van der Waals surface area contributed by atoms with Gasteiger partial charge in [0.25, 0.3) is 0 Å². The fourth-order valence-corrected chi connectivity index (χ4v) is 0.627. The smallest absolute Gasteiger partial charge is 0.0830 e. The molecule has 0 amide bonds. The highest BCUT2D eigenvalue weighted by molar-refractivity contribution is 5.76. The number of pyridine rings is 1. The maximum absolute atomic E-state index is 4.07. The third kappa shape index (κ3) is 2.80. The van der Waals surface area contributed by atoms with Gasteiger partial charge in [0, 0.05) is 20.3 Å². The van der Waals surface area contributed by atoms with Gasteiger partial charge in [-0.25, -0.2) is 0 Å². The molecular weight excluding hydrogens is 138 g/mol. The molecule has 3 heteroatoms. The minimum Gasteiger partial charge on any atom is -0.303 e. The van der Waals surface area contributed by atoms with Crippen LogP contribution in [0.15, 0.2) is 29.5 Å². The fourth-order valence-electron chi connectivity index (χ4n) is 0.627. The molecule has 1 rings (SSSR count). The van der Waals surface area contributed by atoms with Crippen LogP contribution >= 0.6 is 0 Å². The molecule has 1 aromatic rings. The number of nitrogens with zero attached hydrogens (tertiary/aromatic N) is 3. The molecule has 11 heavy (non-hydrogen) atoms. The fraction of sp³-hybridized carbons (Fsp3) is 0.250. The summed E-state index contributed by atoms with van der Waals surface area (Å²) >= 11 is 0. The van der Waals surface area contributed by atoms with Crippen LogP contribution in [0.1, 0.15) is 5.69 Å². The second kappa shape index (κ2) is 3.71. The van der Waals surface area contributed by atoms with Crippen molar-refractivity contribution in [2.45, 2.75) is 0 Å². The Morgan fingerprint density at radius 1 is 1.45 bits per heavy atom. The van der Waals surface area contributed by atoms with Crippen molar-refractivity contribution in [2.75, 3.05) is 14.1 Å². The highest BCUT2D eigenvalue weighted by Crippen LogP contribution is 1.88. The molecule has 0 saturated heterocycles. The number of aromatic nitrogens is 1. The normalized spacial score (nSPS) is 10.4. The summed E-state index contributed by atoms with van der Waals surface area (Å²) in [6.07, 6.45) is 3.47. The van der Waals surface area contributed by atoms with Crippen molar-refractivity contribution in [3.8, 4) is 0 Å². The molecule has 1 heterocycles. The van der Waals surface area contributed by atoms with Gasteiger partial charge in [0.05, 0.1) is 11.9 Å². The van der Waals surface area contributed by atoms with Crippen molar-refractivity contribution < 1.29 is 0 Å². The van der Waals surface area contributed by atoms with E-state index in [4.69, 9.17) is 0 Å². The van der Waals surface area contributed by atoms with Crippen LogP contribution in [-0.2, 0) is 0 Å². The van der Waals surface area contributed by atoms with E-state index in [2.05, 4.69) is 10.1 Å². The van der Waals surface area contributed by atoms with Crippen LogP contribution in [-0.4, -0.2) is 30.3 Å². The average Bonchev–Trinajstić information content (AvgIpc) is 2.03. The Balaban J connectivity index is 2.65. The number of rotatable bonds is 2. The molecule has 0 saturated carbocycles. The Bertz CT molecular complexity index is 228. The molecule has 58 valence electrons. The SMILES string of the molecule is CN(C)N=Cc1ccccn1. The second-order valence-electron chi connectivity index (χ2n) is 2.35. The summed E-state index contributed by atoms with van der Waals surface area (Å²) < 4.78 is 0. The number of hydrazone groups is 1. The molecule has 0 aliphatic heterocycles. The molecular formula is C8H11N3.